The molecule has 30 heavy (non-hydrogen) atoms. The summed E-state index contributed by atoms with van der Waals surface area (Å²) in [5, 5.41) is 9.54. The Morgan fingerprint density at radius 3 is 2.43 bits per heavy atom. The van der Waals surface area contributed by atoms with E-state index in [0.717, 1.165) is 24.4 Å². The van der Waals surface area contributed by atoms with Gasteiger partial charge < -0.3 is 9.84 Å². The Labute approximate surface area is 178 Å². The van der Waals surface area contributed by atoms with Crippen molar-refractivity contribution in [2.45, 2.75) is 19.6 Å². The lowest BCUT2D eigenvalue weighted by Gasteiger charge is -2.09. The standard InChI is InChI=1S/C19H14Cl2F4N2O3/c1-2-30-18(29)13(15(28)12-7-14(22)17(21)27-16(12)20)9-26-8-10-3-5-11(6-4-10)19(23,24)25/h3-7,9,28H,2,8H2,1H3. The van der Waals surface area contributed by atoms with Gasteiger partial charge >= 0.3 is 12.1 Å². The van der Waals surface area contributed by atoms with Gasteiger partial charge in [0.2, 0.25) is 0 Å². The van der Waals surface area contributed by atoms with Gasteiger partial charge in [-0.1, -0.05) is 35.3 Å². The molecule has 0 unspecified atom stereocenters. The van der Waals surface area contributed by atoms with Crippen molar-refractivity contribution in [1.29, 1.82) is 0 Å². The van der Waals surface area contributed by atoms with Crippen molar-refractivity contribution in [1.82, 2.24) is 4.98 Å². The van der Waals surface area contributed by atoms with Crippen molar-refractivity contribution in [3.63, 3.8) is 0 Å². The van der Waals surface area contributed by atoms with Gasteiger partial charge in [-0.25, -0.2) is 14.2 Å². The van der Waals surface area contributed by atoms with Crippen molar-refractivity contribution in [2.24, 2.45) is 4.99 Å². The van der Waals surface area contributed by atoms with Crippen molar-refractivity contribution in [2.75, 3.05) is 6.61 Å². The number of esters is 1. The molecule has 1 heterocycles. The summed E-state index contributed by atoms with van der Waals surface area (Å²) in [5.41, 5.74) is -1.16. The van der Waals surface area contributed by atoms with E-state index in [2.05, 4.69) is 9.98 Å². The monoisotopic (exact) mass is 464 g/mol. The number of hydrogen-bond acceptors (Lipinski definition) is 5. The summed E-state index contributed by atoms with van der Waals surface area (Å²) < 4.78 is 56.4. The molecule has 0 bridgehead atoms. The molecular weight excluding hydrogens is 451 g/mol. The molecule has 2 aromatic rings. The Morgan fingerprint density at radius 1 is 1.23 bits per heavy atom. The van der Waals surface area contributed by atoms with E-state index in [1.807, 2.05) is 0 Å². The molecule has 0 radical (unpaired) electrons. The van der Waals surface area contributed by atoms with E-state index in [1.54, 1.807) is 0 Å². The molecule has 2 rings (SSSR count). The fraction of sp³-hybridized carbons (Fsp3) is 0.211. The van der Waals surface area contributed by atoms with Gasteiger partial charge in [0.05, 0.1) is 24.3 Å². The first kappa shape index (κ1) is 23.6. The van der Waals surface area contributed by atoms with Gasteiger partial charge in [-0.3, -0.25) is 4.99 Å². The molecular formula is C19H14Cl2F4N2O3. The van der Waals surface area contributed by atoms with Crippen LogP contribution in [0.4, 0.5) is 17.6 Å². The number of carbonyl (C=O) groups excluding carboxylic acids is 1. The number of benzene rings is 1. The molecule has 0 atom stereocenters. The van der Waals surface area contributed by atoms with E-state index < -0.39 is 40.0 Å². The number of nitrogens with zero attached hydrogens (tertiary/aromatic N) is 2. The zero-order valence-electron chi connectivity index (χ0n) is 15.3. The summed E-state index contributed by atoms with van der Waals surface area (Å²) in [6.45, 7) is 1.40. The quantitative estimate of drug-likeness (QED) is 0.150. The maximum Gasteiger partial charge on any atom is 0.416 e. The summed E-state index contributed by atoms with van der Waals surface area (Å²) in [6.07, 6.45) is -3.51. The number of pyridine rings is 1. The molecule has 0 spiro atoms. The first-order valence-electron chi connectivity index (χ1n) is 8.32. The lowest BCUT2D eigenvalue weighted by Crippen LogP contribution is -2.12. The van der Waals surface area contributed by atoms with Crippen LogP contribution in [0.25, 0.3) is 5.76 Å². The van der Waals surface area contributed by atoms with Gasteiger partial charge in [0.15, 0.2) is 11.0 Å². The number of halogens is 6. The van der Waals surface area contributed by atoms with E-state index >= 15 is 0 Å². The number of aromatic nitrogens is 1. The first-order chi connectivity index (χ1) is 14.0. The zero-order valence-corrected chi connectivity index (χ0v) is 16.8. The Hall–Kier alpha value is -2.65. The van der Waals surface area contributed by atoms with Crippen LogP contribution in [0.3, 0.4) is 0 Å². The second-order valence-electron chi connectivity index (χ2n) is 5.75. The molecule has 0 aliphatic rings. The lowest BCUT2D eigenvalue weighted by atomic mass is 10.1. The zero-order chi connectivity index (χ0) is 22.5. The normalized spacial score (nSPS) is 12.8. The Morgan fingerprint density at radius 2 is 1.87 bits per heavy atom. The van der Waals surface area contributed by atoms with Gasteiger partial charge in [-0.05, 0) is 30.7 Å². The topological polar surface area (TPSA) is 71.8 Å². The van der Waals surface area contributed by atoms with Crippen LogP contribution in [0.2, 0.25) is 10.3 Å². The highest BCUT2D eigenvalue weighted by atomic mass is 35.5. The third kappa shape index (κ3) is 5.93. The van der Waals surface area contributed by atoms with Crippen molar-refractivity contribution in [3.05, 3.63) is 68.7 Å². The number of alkyl halides is 3. The number of aliphatic imine (C=N–C) groups is 1. The minimum absolute atomic E-state index is 0.0245. The largest absolute Gasteiger partial charge is 0.506 e. The third-order valence-electron chi connectivity index (χ3n) is 3.67. The maximum absolute atomic E-state index is 13.7. The predicted octanol–water partition coefficient (Wildman–Crippen LogP) is 5.65. The lowest BCUT2D eigenvalue weighted by molar-refractivity contribution is -0.138. The summed E-state index contributed by atoms with van der Waals surface area (Å²) in [5.74, 6) is -2.71. The highest BCUT2D eigenvalue weighted by molar-refractivity contribution is 6.34. The second-order valence-corrected chi connectivity index (χ2v) is 6.46. The van der Waals surface area contributed by atoms with E-state index in [1.165, 1.54) is 19.1 Å². The number of carbonyl (C=O) groups is 1. The minimum atomic E-state index is -4.46. The van der Waals surface area contributed by atoms with E-state index in [4.69, 9.17) is 27.9 Å². The molecule has 1 N–H and O–H groups in total. The number of aliphatic hydroxyl groups excluding tert-OH is 1. The smallest absolute Gasteiger partial charge is 0.416 e. The van der Waals surface area contributed by atoms with Crippen LogP contribution in [-0.2, 0) is 22.3 Å². The molecule has 0 amide bonds. The van der Waals surface area contributed by atoms with Crippen molar-refractivity contribution in [3.8, 4) is 0 Å². The van der Waals surface area contributed by atoms with Crippen LogP contribution in [0.15, 0.2) is 40.9 Å². The number of aliphatic hydroxyl groups is 1. The molecule has 11 heteroatoms. The summed E-state index contributed by atoms with van der Waals surface area (Å²) in [7, 11) is 0. The molecule has 1 aromatic heterocycles. The average molecular weight is 465 g/mol. The average Bonchev–Trinajstić information content (AvgIpc) is 2.67. The fourth-order valence-electron chi connectivity index (χ4n) is 2.22. The van der Waals surface area contributed by atoms with E-state index in [0.29, 0.717) is 5.56 Å². The number of rotatable bonds is 6. The van der Waals surface area contributed by atoms with Crippen molar-refractivity contribution < 1.29 is 32.2 Å². The fourth-order valence-corrected chi connectivity index (χ4v) is 2.63. The third-order valence-corrected chi connectivity index (χ3v) is 4.22. The summed E-state index contributed by atoms with van der Waals surface area (Å²) in [4.78, 5) is 19.6. The van der Waals surface area contributed by atoms with E-state index in [9.17, 15) is 27.5 Å². The van der Waals surface area contributed by atoms with Gasteiger partial charge in [-0.15, -0.1) is 0 Å². The molecule has 160 valence electrons. The van der Waals surface area contributed by atoms with Gasteiger partial charge in [-0.2, -0.15) is 13.2 Å². The molecule has 1 aromatic carbocycles. The van der Waals surface area contributed by atoms with Crippen LogP contribution in [-0.4, -0.2) is 28.9 Å². The van der Waals surface area contributed by atoms with Crippen LogP contribution < -0.4 is 0 Å². The molecule has 0 aliphatic carbocycles. The molecule has 0 fully saturated rings. The van der Waals surface area contributed by atoms with Gasteiger partial charge in [0.1, 0.15) is 16.5 Å². The first-order valence-corrected chi connectivity index (χ1v) is 9.08. The highest BCUT2D eigenvalue weighted by Crippen LogP contribution is 2.29. The molecule has 5 nitrogen and oxygen atoms in total. The molecule has 0 saturated carbocycles. The van der Waals surface area contributed by atoms with Crippen molar-refractivity contribution >= 4 is 41.1 Å². The van der Waals surface area contributed by atoms with Gasteiger partial charge in [0.25, 0.3) is 0 Å². The van der Waals surface area contributed by atoms with Crippen LogP contribution >= 0.6 is 23.2 Å². The second kappa shape index (κ2) is 9.90. The number of ether oxygens (including phenoxy) is 1. The SMILES string of the molecule is CCOC(=O)C(C=NCc1ccc(C(F)(F)F)cc1)=C(O)c1cc(F)c(Cl)nc1Cl. The summed E-state index contributed by atoms with van der Waals surface area (Å²) in [6, 6.07) is 5.03. The number of hydrogen-bond donors (Lipinski definition) is 1. The Kier molecular flexibility index (Phi) is 7.80. The van der Waals surface area contributed by atoms with Crippen LogP contribution in [0, 0.1) is 5.82 Å². The molecule has 0 saturated heterocycles. The van der Waals surface area contributed by atoms with Gasteiger partial charge in [0, 0.05) is 6.21 Å². The maximum atomic E-state index is 13.7. The molecule has 0 aliphatic heterocycles. The Bertz CT molecular complexity index is 991. The van der Waals surface area contributed by atoms with Crippen LogP contribution in [0.5, 0.6) is 0 Å². The van der Waals surface area contributed by atoms with E-state index in [-0.39, 0.29) is 23.9 Å². The Balaban J connectivity index is 2.34. The minimum Gasteiger partial charge on any atom is -0.506 e. The highest BCUT2D eigenvalue weighted by Gasteiger charge is 2.29. The summed E-state index contributed by atoms with van der Waals surface area (Å²) >= 11 is 11.4. The predicted molar refractivity (Wildman–Crippen MR) is 104 cm³/mol. The van der Waals surface area contributed by atoms with Crippen LogP contribution in [0.1, 0.15) is 23.6 Å².